The standard InChI is InChI=1S/C21H29BrN2O2/c1-20(2,3)26-19(25)23-10-8-21(9-11-23)13-24(14-21)18-7-4-15-12-16(22)5-6-17(15)18/h5-6,12,18H,4,7-11,13-14H2,1-3H3. The van der Waals surface area contributed by atoms with Gasteiger partial charge in [0.1, 0.15) is 5.60 Å². The zero-order valence-corrected chi connectivity index (χ0v) is 17.6. The van der Waals surface area contributed by atoms with Gasteiger partial charge in [0.2, 0.25) is 0 Å². The van der Waals surface area contributed by atoms with Crippen LogP contribution in [-0.4, -0.2) is 47.7 Å². The minimum absolute atomic E-state index is 0.154. The molecule has 0 radical (unpaired) electrons. The number of likely N-dealkylation sites (tertiary alicyclic amines) is 2. The summed E-state index contributed by atoms with van der Waals surface area (Å²) >= 11 is 3.59. The van der Waals surface area contributed by atoms with E-state index in [0.717, 1.165) is 25.9 Å². The summed E-state index contributed by atoms with van der Waals surface area (Å²) < 4.78 is 6.71. The fourth-order valence-corrected chi connectivity index (χ4v) is 5.19. The van der Waals surface area contributed by atoms with Crippen LogP contribution in [0.15, 0.2) is 22.7 Å². The Morgan fingerprint density at radius 3 is 2.58 bits per heavy atom. The molecule has 0 N–H and O–H groups in total. The van der Waals surface area contributed by atoms with Crippen molar-refractivity contribution in [1.29, 1.82) is 0 Å². The molecule has 1 atom stereocenters. The van der Waals surface area contributed by atoms with Gasteiger partial charge in [0, 0.05) is 36.7 Å². The van der Waals surface area contributed by atoms with Crippen LogP contribution in [-0.2, 0) is 11.2 Å². The maximum Gasteiger partial charge on any atom is 0.410 e. The highest BCUT2D eigenvalue weighted by Gasteiger charge is 2.48. The van der Waals surface area contributed by atoms with Gasteiger partial charge in [0.05, 0.1) is 0 Å². The average Bonchev–Trinajstić information content (AvgIpc) is 2.93. The third-order valence-corrected chi connectivity index (χ3v) is 6.64. The molecule has 1 aromatic rings. The average molecular weight is 421 g/mol. The second kappa shape index (κ2) is 6.52. The summed E-state index contributed by atoms with van der Waals surface area (Å²) in [5.41, 5.74) is 3.03. The van der Waals surface area contributed by atoms with Crippen molar-refractivity contribution in [3.05, 3.63) is 33.8 Å². The number of halogens is 1. The van der Waals surface area contributed by atoms with Gasteiger partial charge in [-0.25, -0.2) is 4.79 Å². The molecule has 1 aliphatic carbocycles. The van der Waals surface area contributed by atoms with Gasteiger partial charge in [-0.15, -0.1) is 0 Å². The van der Waals surface area contributed by atoms with Gasteiger partial charge < -0.3 is 9.64 Å². The van der Waals surface area contributed by atoms with E-state index in [1.165, 1.54) is 41.5 Å². The van der Waals surface area contributed by atoms with E-state index in [2.05, 4.69) is 39.0 Å². The maximum atomic E-state index is 12.3. The van der Waals surface area contributed by atoms with Crippen LogP contribution in [0.25, 0.3) is 0 Å². The number of fused-ring (bicyclic) bond motifs is 1. The second-order valence-corrected chi connectivity index (χ2v) is 10.2. The van der Waals surface area contributed by atoms with Crippen LogP contribution in [0.5, 0.6) is 0 Å². The summed E-state index contributed by atoms with van der Waals surface area (Å²) in [5, 5.41) is 0. The molecule has 2 saturated heterocycles. The van der Waals surface area contributed by atoms with E-state index in [0.29, 0.717) is 11.5 Å². The van der Waals surface area contributed by atoms with E-state index in [9.17, 15) is 4.79 Å². The normalized spacial score (nSPS) is 25.1. The molecule has 1 aromatic carbocycles. The van der Waals surface area contributed by atoms with Crippen molar-refractivity contribution in [1.82, 2.24) is 9.80 Å². The van der Waals surface area contributed by atoms with E-state index >= 15 is 0 Å². The quantitative estimate of drug-likeness (QED) is 0.655. The minimum Gasteiger partial charge on any atom is -0.444 e. The maximum absolute atomic E-state index is 12.3. The second-order valence-electron chi connectivity index (χ2n) is 9.27. The summed E-state index contributed by atoms with van der Waals surface area (Å²) in [6.45, 7) is 9.80. The molecule has 26 heavy (non-hydrogen) atoms. The van der Waals surface area contributed by atoms with Crippen molar-refractivity contribution in [3.63, 3.8) is 0 Å². The third kappa shape index (κ3) is 3.53. The van der Waals surface area contributed by atoms with Crippen LogP contribution < -0.4 is 0 Å². The van der Waals surface area contributed by atoms with E-state index in [-0.39, 0.29) is 6.09 Å². The number of rotatable bonds is 1. The number of aryl methyl sites for hydroxylation is 1. The molecule has 4 nitrogen and oxygen atoms in total. The summed E-state index contributed by atoms with van der Waals surface area (Å²) in [5.74, 6) is 0. The van der Waals surface area contributed by atoms with Gasteiger partial charge in [-0.3, -0.25) is 4.90 Å². The van der Waals surface area contributed by atoms with Crippen LogP contribution in [0, 0.1) is 5.41 Å². The SMILES string of the molecule is CC(C)(C)OC(=O)N1CCC2(CC1)CN(C1CCc3cc(Br)ccc31)C2. The number of amides is 1. The van der Waals surface area contributed by atoms with Gasteiger partial charge in [-0.1, -0.05) is 22.0 Å². The van der Waals surface area contributed by atoms with Crippen LogP contribution in [0.4, 0.5) is 4.79 Å². The minimum atomic E-state index is -0.412. The van der Waals surface area contributed by atoms with Crippen molar-refractivity contribution < 1.29 is 9.53 Å². The molecule has 5 heteroatoms. The number of carbonyl (C=O) groups excluding carboxylic acids is 1. The third-order valence-electron chi connectivity index (χ3n) is 6.14. The number of nitrogens with zero attached hydrogens (tertiary/aromatic N) is 2. The van der Waals surface area contributed by atoms with Gasteiger partial charge in [0.15, 0.2) is 0 Å². The summed E-state index contributed by atoms with van der Waals surface area (Å²) in [7, 11) is 0. The van der Waals surface area contributed by atoms with Gasteiger partial charge in [0.25, 0.3) is 0 Å². The molecular formula is C21H29BrN2O2. The predicted octanol–water partition coefficient (Wildman–Crippen LogP) is 4.77. The summed E-state index contributed by atoms with van der Waals surface area (Å²) in [6, 6.07) is 7.34. The first kappa shape index (κ1) is 18.3. The highest BCUT2D eigenvalue weighted by atomic mass is 79.9. The Labute approximate surface area is 165 Å². The van der Waals surface area contributed by atoms with Gasteiger partial charge in [-0.2, -0.15) is 0 Å². The topological polar surface area (TPSA) is 32.8 Å². The summed E-state index contributed by atoms with van der Waals surface area (Å²) in [4.78, 5) is 16.8. The lowest BCUT2D eigenvalue weighted by atomic mass is 9.71. The zero-order valence-electron chi connectivity index (χ0n) is 16.1. The monoisotopic (exact) mass is 420 g/mol. The Bertz CT molecular complexity index is 696. The Hall–Kier alpha value is -1.07. The Morgan fingerprint density at radius 1 is 1.23 bits per heavy atom. The van der Waals surface area contributed by atoms with E-state index in [4.69, 9.17) is 4.74 Å². The number of carbonyl (C=O) groups is 1. The highest BCUT2D eigenvalue weighted by molar-refractivity contribution is 9.10. The number of ether oxygens (including phenoxy) is 1. The number of benzene rings is 1. The van der Waals surface area contributed by atoms with Crippen LogP contribution in [0.3, 0.4) is 0 Å². The molecule has 2 aliphatic heterocycles. The van der Waals surface area contributed by atoms with Crippen molar-refractivity contribution in [2.45, 2.75) is 58.1 Å². The number of piperidine rings is 1. The smallest absolute Gasteiger partial charge is 0.410 e. The molecule has 142 valence electrons. The van der Waals surface area contributed by atoms with E-state index in [1.807, 2.05) is 25.7 Å². The molecule has 4 rings (SSSR count). The Morgan fingerprint density at radius 2 is 1.92 bits per heavy atom. The first-order valence-corrected chi connectivity index (χ1v) is 10.5. The van der Waals surface area contributed by atoms with E-state index < -0.39 is 5.60 Å². The molecule has 1 amide bonds. The molecule has 0 saturated carbocycles. The van der Waals surface area contributed by atoms with Crippen LogP contribution >= 0.6 is 15.9 Å². The van der Waals surface area contributed by atoms with Gasteiger partial charge >= 0.3 is 6.09 Å². The predicted molar refractivity (Wildman–Crippen MR) is 106 cm³/mol. The van der Waals surface area contributed by atoms with E-state index in [1.54, 1.807) is 0 Å². The number of hydrogen-bond donors (Lipinski definition) is 0. The van der Waals surface area contributed by atoms with Crippen molar-refractivity contribution in [3.8, 4) is 0 Å². The van der Waals surface area contributed by atoms with Crippen molar-refractivity contribution in [2.75, 3.05) is 26.2 Å². The van der Waals surface area contributed by atoms with Gasteiger partial charge in [-0.05, 0) is 75.1 Å². The molecule has 1 unspecified atom stereocenters. The summed E-state index contributed by atoms with van der Waals surface area (Å²) in [6.07, 6.45) is 4.48. The first-order valence-electron chi connectivity index (χ1n) is 9.75. The lowest BCUT2D eigenvalue weighted by Gasteiger charge is -2.56. The van der Waals surface area contributed by atoms with Crippen LogP contribution in [0.1, 0.15) is 57.2 Å². The first-order chi connectivity index (χ1) is 12.2. The molecule has 0 aromatic heterocycles. The Balaban J connectivity index is 1.32. The highest BCUT2D eigenvalue weighted by Crippen LogP contribution is 2.48. The lowest BCUT2D eigenvalue weighted by Crippen LogP contribution is -2.61. The van der Waals surface area contributed by atoms with Crippen molar-refractivity contribution in [2.24, 2.45) is 5.41 Å². The van der Waals surface area contributed by atoms with Crippen molar-refractivity contribution >= 4 is 22.0 Å². The van der Waals surface area contributed by atoms with Crippen LogP contribution in [0.2, 0.25) is 0 Å². The Kier molecular flexibility index (Phi) is 4.59. The zero-order chi connectivity index (χ0) is 18.5. The molecule has 2 heterocycles. The molecular weight excluding hydrogens is 392 g/mol. The lowest BCUT2D eigenvalue weighted by molar-refractivity contribution is -0.0716. The number of hydrogen-bond acceptors (Lipinski definition) is 3. The fraction of sp³-hybridized carbons (Fsp3) is 0.667. The largest absolute Gasteiger partial charge is 0.444 e. The molecule has 2 fully saturated rings. The molecule has 3 aliphatic rings. The fourth-order valence-electron chi connectivity index (χ4n) is 4.78. The molecule has 1 spiro atoms. The molecule has 0 bridgehead atoms.